The molecule has 0 unspecified atom stereocenters. The third kappa shape index (κ3) is 4.00. The molecule has 1 aromatic rings. The van der Waals surface area contributed by atoms with E-state index in [0.717, 1.165) is 12.1 Å². The number of rotatable bonds is 4. The highest BCUT2D eigenvalue weighted by atomic mass is 19.4. The molecule has 0 aliphatic rings. The van der Waals surface area contributed by atoms with Gasteiger partial charge in [0.25, 0.3) is 5.91 Å². The van der Waals surface area contributed by atoms with Gasteiger partial charge < -0.3 is 15.8 Å². The molecule has 18 heavy (non-hydrogen) atoms. The molecule has 7 heteroatoms. The van der Waals surface area contributed by atoms with Crippen LogP contribution in [0.25, 0.3) is 0 Å². The summed E-state index contributed by atoms with van der Waals surface area (Å²) in [4.78, 5) is 11.5. The molecule has 0 heterocycles. The molecule has 98 valence electrons. The van der Waals surface area contributed by atoms with E-state index < -0.39 is 18.0 Å². The van der Waals surface area contributed by atoms with E-state index in [1.54, 1.807) is 0 Å². The molecule has 0 radical (unpaired) electrons. The van der Waals surface area contributed by atoms with Gasteiger partial charge in [-0.15, -0.1) is 19.8 Å². The number of alkyl halides is 3. The third-order valence-electron chi connectivity index (χ3n) is 1.90. The van der Waals surface area contributed by atoms with Crippen molar-refractivity contribution in [2.45, 2.75) is 6.36 Å². The van der Waals surface area contributed by atoms with Gasteiger partial charge in [0.15, 0.2) is 5.75 Å². The van der Waals surface area contributed by atoms with Crippen molar-refractivity contribution in [1.29, 1.82) is 0 Å². The first-order valence-electron chi connectivity index (χ1n) is 4.88. The minimum Gasteiger partial charge on any atom is -0.404 e. The third-order valence-corrected chi connectivity index (χ3v) is 1.90. The summed E-state index contributed by atoms with van der Waals surface area (Å²) in [5, 5.41) is 2.47. The fourth-order valence-electron chi connectivity index (χ4n) is 1.17. The zero-order chi connectivity index (χ0) is 13.8. The smallest absolute Gasteiger partial charge is 0.404 e. The number of halogens is 3. The maximum absolute atomic E-state index is 12.0. The maximum Gasteiger partial charge on any atom is 0.573 e. The Morgan fingerprint density at radius 3 is 2.67 bits per heavy atom. The highest BCUT2D eigenvalue weighted by Gasteiger charge is 2.32. The lowest BCUT2D eigenvalue weighted by Gasteiger charge is -2.11. The Bertz CT molecular complexity index is 458. The summed E-state index contributed by atoms with van der Waals surface area (Å²) in [5.41, 5.74) is 5.25. The summed E-state index contributed by atoms with van der Waals surface area (Å²) >= 11 is 0. The number of anilines is 1. The average Bonchev–Trinajstić information content (AvgIpc) is 2.27. The normalized spacial score (nSPS) is 10.8. The molecule has 1 amide bonds. The highest BCUT2D eigenvalue weighted by Crippen LogP contribution is 2.28. The predicted molar refractivity (Wildman–Crippen MR) is 60.1 cm³/mol. The van der Waals surface area contributed by atoms with E-state index in [1.807, 2.05) is 0 Å². The first-order valence-corrected chi connectivity index (χ1v) is 4.88. The van der Waals surface area contributed by atoms with Crippen LogP contribution in [0.2, 0.25) is 0 Å². The van der Waals surface area contributed by atoms with Crippen LogP contribution >= 0.6 is 0 Å². The van der Waals surface area contributed by atoms with Gasteiger partial charge in [-0.05, 0) is 18.2 Å². The van der Waals surface area contributed by atoms with E-state index >= 15 is 0 Å². The number of nitrogen functional groups attached to an aromatic ring is 1. The zero-order valence-corrected chi connectivity index (χ0v) is 9.25. The molecule has 1 rings (SSSR count). The maximum atomic E-state index is 12.0. The van der Waals surface area contributed by atoms with E-state index in [0.29, 0.717) is 0 Å². The van der Waals surface area contributed by atoms with Crippen LogP contribution in [-0.2, 0) is 0 Å². The number of hydrogen-bond donors (Lipinski definition) is 2. The Kier molecular flexibility index (Phi) is 4.19. The van der Waals surface area contributed by atoms with Crippen molar-refractivity contribution in [3.05, 3.63) is 36.4 Å². The Labute approximate surface area is 101 Å². The van der Waals surface area contributed by atoms with E-state index in [2.05, 4.69) is 16.6 Å². The van der Waals surface area contributed by atoms with Crippen LogP contribution < -0.4 is 15.8 Å². The van der Waals surface area contributed by atoms with Crippen LogP contribution in [0.5, 0.6) is 5.75 Å². The summed E-state index contributed by atoms with van der Waals surface area (Å²) in [6, 6.07) is 3.29. The minimum atomic E-state index is -4.82. The van der Waals surface area contributed by atoms with Crippen molar-refractivity contribution in [2.24, 2.45) is 0 Å². The number of carbonyl (C=O) groups excluding carboxylic acids is 1. The molecule has 0 aliphatic heterocycles. The molecular weight excluding hydrogens is 249 g/mol. The first-order chi connectivity index (χ1) is 8.33. The second-order valence-corrected chi connectivity index (χ2v) is 3.30. The van der Waals surface area contributed by atoms with Gasteiger partial charge >= 0.3 is 6.36 Å². The molecule has 0 atom stereocenters. The summed E-state index contributed by atoms with van der Waals surface area (Å²) < 4.78 is 39.6. The Hall–Kier alpha value is -2.18. The lowest BCUT2D eigenvalue weighted by atomic mass is 10.2. The van der Waals surface area contributed by atoms with Crippen molar-refractivity contribution >= 4 is 11.6 Å². The fourth-order valence-corrected chi connectivity index (χ4v) is 1.17. The number of amides is 1. The number of hydrogen-bond acceptors (Lipinski definition) is 3. The predicted octanol–water partition coefficient (Wildman–Crippen LogP) is 2.08. The van der Waals surface area contributed by atoms with Gasteiger partial charge in [-0.2, -0.15) is 0 Å². The second kappa shape index (κ2) is 5.44. The molecule has 0 bridgehead atoms. The number of carbonyl (C=O) groups is 1. The van der Waals surface area contributed by atoms with Crippen molar-refractivity contribution in [2.75, 3.05) is 12.3 Å². The second-order valence-electron chi connectivity index (χ2n) is 3.30. The quantitative estimate of drug-likeness (QED) is 0.643. The monoisotopic (exact) mass is 260 g/mol. The number of ether oxygens (including phenoxy) is 1. The number of nitrogens with two attached hydrogens (primary N) is 1. The van der Waals surface area contributed by atoms with Crippen LogP contribution in [-0.4, -0.2) is 18.8 Å². The van der Waals surface area contributed by atoms with Crippen molar-refractivity contribution < 1.29 is 22.7 Å². The van der Waals surface area contributed by atoms with Gasteiger partial charge in [0.2, 0.25) is 0 Å². The summed E-state index contributed by atoms with van der Waals surface area (Å²) in [6.07, 6.45) is -3.34. The van der Waals surface area contributed by atoms with Crippen LogP contribution in [0.4, 0.5) is 18.9 Å². The molecule has 0 fully saturated rings. The van der Waals surface area contributed by atoms with Crippen LogP contribution in [0, 0.1) is 0 Å². The summed E-state index contributed by atoms with van der Waals surface area (Å²) in [5.74, 6) is -0.997. The van der Waals surface area contributed by atoms with E-state index in [1.165, 1.54) is 12.1 Å². The SMILES string of the molecule is C=CCNC(=O)c1ccc(OC(F)(F)F)c(N)c1. The molecule has 0 saturated carbocycles. The van der Waals surface area contributed by atoms with Gasteiger partial charge in [0, 0.05) is 12.1 Å². The lowest BCUT2D eigenvalue weighted by molar-refractivity contribution is -0.274. The van der Waals surface area contributed by atoms with Gasteiger partial charge in [-0.3, -0.25) is 4.79 Å². The van der Waals surface area contributed by atoms with Gasteiger partial charge in [0.1, 0.15) is 0 Å². The van der Waals surface area contributed by atoms with Crippen molar-refractivity contribution in [1.82, 2.24) is 5.32 Å². The fraction of sp³-hybridized carbons (Fsp3) is 0.182. The van der Waals surface area contributed by atoms with Gasteiger partial charge in [-0.1, -0.05) is 6.08 Å². The first kappa shape index (κ1) is 13.9. The standard InChI is InChI=1S/C11H11F3N2O2/c1-2-5-16-10(17)7-3-4-9(8(15)6-7)18-11(12,13)14/h2-4,6H,1,5,15H2,(H,16,17). The van der Waals surface area contributed by atoms with Gasteiger partial charge in [-0.25, -0.2) is 0 Å². The Morgan fingerprint density at radius 2 is 2.17 bits per heavy atom. The molecular formula is C11H11F3N2O2. The molecule has 0 spiro atoms. The molecule has 0 aromatic heterocycles. The van der Waals surface area contributed by atoms with Crippen LogP contribution in [0.3, 0.4) is 0 Å². The van der Waals surface area contributed by atoms with Crippen LogP contribution in [0.15, 0.2) is 30.9 Å². The molecule has 0 aliphatic carbocycles. The number of benzene rings is 1. The van der Waals surface area contributed by atoms with E-state index in [4.69, 9.17) is 5.73 Å². The molecule has 0 saturated heterocycles. The minimum absolute atomic E-state index is 0.142. The number of nitrogens with one attached hydrogen (secondary N) is 1. The van der Waals surface area contributed by atoms with Crippen LogP contribution in [0.1, 0.15) is 10.4 Å². The summed E-state index contributed by atoms with van der Waals surface area (Å²) in [7, 11) is 0. The Morgan fingerprint density at radius 1 is 1.50 bits per heavy atom. The highest BCUT2D eigenvalue weighted by molar-refractivity contribution is 5.95. The largest absolute Gasteiger partial charge is 0.573 e. The van der Waals surface area contributed by atoms with Gasteiger partial charge in [0.05, 0.1) is 5.69 Å². The van der Waals surface area contributed by atoms with E-state index in [9.17, 15) is 18.0 Å². The zero-order valence-electron chi connectivity index (χ0n) is 9.25. The summed E-state index contributed by atoms with van der Waals surface area (Å²) in [6.45, 7) is 3.66. The molecule has 1 aromatic carbocycles. The lowest BCUT2D eigenvalue weighted by Crippen LogP contribution is -2.23. The van der Waals surface area contributed by atoms with Crippen molar-refractivity contribution in [3.8, 4) is 5.75 Å². The average molecular weight is 260 g/mol. The topological polar surface area (TPSA) is 64.3 Å². The molecule has 4 nitrogen and oxygen atoms in total. The van der Waals surface area contributed by atoms with E-state index in [-0.39, 0.29) is 17.8 Å². The Balaban J connectivity index is 2.85. The van der Waals surface area contributed by atoms with Crippen molar-refractivity contribution in [3.63, 3.8) is 0 Å². The molecule has 3 N–H and O–H groups in total.